The number of aromatic nitrogens is 1. The Morgan fingerprint density at radius 1 is 0.848 bits per heavy atom. The van der Waals surface area contributed by atoms with Crippen LogP contribution in [0.5, 0.6) is 0 Å². The van der Waals surface area contributed by atoms with Gasteiger partial charge in [0.1, 0.15) is 5.69 Å². The number of hydrogen-bond acceptors (Lipinski definition) is 3. The minimum Gasteiger partial charge on any atom is -0.464 e. The summed E-state index contributed by atoms with van der Waals surface area (Å²) in [6, 6.07) is 29.2. The summed E-state index contributed by atoms with van der Waals surface area (Å²) in [5, 5.41) is 3.37. The van der Waals surface area contributed by atoms with Gasteiger partial charge < -0.3 is 4.74 Å². The molecule has 0 spiro atoms. The third kappa shape index (κ3) is 3.74. The lowest BCUT2D eigenvalue weighted by Crippen LogP contribution is -2.28. The molecule has 162 valence electrons. The van der Waals surface area contributed by atoms with Crippen LogP contribution in [0.3, 0.4) is 0 Å². The van der Waals surface area contributed by atoms with Gasteiger partial charge in [-0.2, -0.15) is 0 Å². The van der Waals surface area contributed by atoms with E-state index in [1.807, 2.05) is 84.9 Å². The Balaban J connectivity index is 1.89. The first-order valence-electron chi connectivity index (χ1n) is 10.5. The highest BCUT2D eigenvalue weighted by Crippen LogP contribution is 2.33. The maximum Gasteiger partial charge on any atom is 0.355 e. The number of nitrogens with zero attached hydrogens (tertiary/aromatic N) is 1. The van der Waals surface area contributed by atoms with Gasteiger partial charge in [0.2, 0.25) is 0 Å². The van der Waals surface area contributed by atoms with E-state index in [0.717, 1.165) is 26.4 Å². The minimum absolute atomic E-state index is 0.231. The monoisotopic (exact) mass is 497 g/mol. The zero-order valence-corrected chi connectivity index (χ0v) is 19.5. The number of halogens is 1. The van der Waals surface area contributed by atoms with Gasteiger partial charge in [0.25, 0.3) is 5.56 Å². The van der Waals surface area contributed by atoms with E-state index >= 15 is 0 Å². The molecule has 0 saturated carbocycles. The van der Waals surface area contributed by atoms with Crippen LogP contribution in [0.25, 0.3) is 32.7 Å². The van der Waals surface area contributed by atoms with Crippen molar-refractivity contribution < 1.29 is 9.53 Å². The summed E-state index contributed by atoms with van der Waals surface area (Å²) < 4.78 is 7.56. The molecule has 5 aromatic rings. The fourth-order valence-corrected chi connectivity index (χ4v) is 4.74. The van der Waals surface area contributed by atoms with Crippen molar-refractivity contribution in [3.63, 3.8) is 0 Å². The Labute approximate surface area is 199 Å². The van der Waals surface area contributed by atoms with Gasteiger partial charge in [-0.25, -0.2) is 4.79 Å². The topological polar surface area (TPSA) is 48.3 Å². The number of ether oxygens (including phenoxy) is 1. The molecule has 0 aliphatic carbocycles. The number of pyridine rings is 1. The fraction of sp³-hybridized carbons (Fsp3) is 0.0714. The summed E-state index contributed by atoms with van der Waals surface area (Å²) >= 11 is 3.52. The maximum absolute atomic E-state index is 13.7. The molecule has 0 saturated heterocycles. The number of fused-ring (bicyclic) bond motifs is 2. The van der Waals surface area contributed by atoms with E-state index in [1.165, 1.54) is 7.11 Å². The number of benzene rings is 4. The third-order valence-corrected chi connectivity index (χ3v) is 6.38. The summed E-state index contributed by atoms with van der Waals surface area (Å²) in [7, 11) is 1.34. The van der Waals surface area contributed by atoms with Crippen molar-refractivity contribution in [3.05, 3.63) is 117 Å². The summed E-state index contributed by atoms with van der Waals surface area (Å²) in [6.45, 7) is 0.246. The molecule has 5 heteroatoms. The molecule has 0 N–H and O–H groups in total. The molecule has 0 radical (unpaired) electrons. The number of carbonyl (C=O) groups excluding carboxylic acids is 1. The van der Waals surface area contributed by atoms with Crippen LogP contribution < -0.4 is 5.56 Å². The third-order valence-electron chi connectivity index (χ3n) is 5.88. The molecule has 33 heavy (non-hydrogen) atoms. The first-order chi connectivity index (χ1) is 16.1. The van der Waals surface area contributed by atoms with Gasteiger partial charge >= 0.3 is 5.97 Å². The number of carbonyl (C=O) groups is 1. The number of esters is 1. The van der Waals surface area contributed by atoms with Gasteiger partial charge in [-0.3, -0.25) is 9.36 Å². The van der Waals surface area contributed by atoms with Crippen molar-refractivity contribution in [1.82, 2.24) is 4.57 Å². The van der Waals surface area contributed by atoms with E-state index in [9.17, 15) is 9.59 Å². The largest absolute Gasteiger partial charge is 0.464 e. The van der Waals surface area contributed by atoms with Gasteiger partial charge in [-0.15, -0.1) is 0 Å². The molecular formula is C28H20BrNO3. The Morgan fingerprint density at radius 3 is 2.36 bits per heavy atom. The highest BCUT2D eigenvalue weighted by atomic mass is 79.9. The Bertz CT molecular complexity index is 1570. The molecule has 0 aliphatic heterocycles. The second-order valence-corrected chi connectivity index (χ2v) is 8.72. The van der Waals surface area contributed by atoms with E-state index in [0.29, 0.717) is 16.3 Å². The molecule has 0 fully saturated rings. The first kappa shape index (κ1) is 21.2. The van der Waals surface area contributed by atoms with Gasteiger partial charge in [0, 0.05) is 15.4 Å². The number of rotatable bonds is 4. The molecule has 0 amide bonds. The molecule has 1 heterocycles. The van der Waals surface area contributed by atoms with E-state index in [2.05, 4.69) is 15.9 Å². The molecule has 1 aromatic heterocycles. The quantitative estimate of drug-likeness (QED) is 0.269. The van der Waals surface area contributed by atoms with Crippen molar-refractivity contribution in [2.45, 2.75) is 6.54 Å². The smallest absolute Gasteiger partial charge is 0.355 e. The average Bonchev–Trinajstić information content (AvgIpc) is 2.85. The predicted molar refractivity (Wildman–Crippen MR) is 136 cm³/mol. The SMILES string of the molecule is COC(=O)c1c(-c2ccccc2)c2cc(Br)ccc2c(=O)n1Cc1cccc2ccccc12. The zero-order valence-electron chi connectivity index (χ0n) is 17.9. The maximum atomic E-state index is 13.7. The number of methoxy groups -OCH3 is 1. The lowest BCUT2D eigenvalue weighted by atomic mass is 9.96. The molecular weight excluding hydrogens is 478 g/mol. The van der Waals surface area contributed by atoms with Crippen LogP contribution in [0.1, 0.15) is 16.1 Å². The summed E-state index contributed by atoms with van der Waals surface area (Å²) in [5.74, 6) is -0.548. The highest BCUT2D eigenvalue weighted by molar-refractivity contribution is 9.10. The molecule has 4 nitrogen and oxygen atoms in total. The first-order valence-corrected chi connectivity index (χ1v) is 11.3. The Kier molecular flexibility index (Phi) is 5.56. The normalized spacial score (nSPS) is 11.1. The molecule has 0 unspecified atom stereocenters. The highest BCUT2D eigenvalue weighted by Gasteiger charge is 2.24. The second kappa shape index (κ2) is 8.68. The van der Waals surface area contributed by atoms with Crippen LogP contribution in [-0.4, -0.2) is 17.6 Å². The minimum atomic E-state index is -0.548. The lowest BCUT2D eigenvalue weighted by Gasteiger charge is -2.19. The zero-order chi connectivity index (χ0) is 22.9. The summed E-state index contributed by atoms with van der Waals surface area (Å²) in [6.07, 6.45) is 0. The molecule has 0 atom stereocenters. The van der Waals surface area contributed by atoms with Crippen molar-refractivity contribution >= 4 is 43.4 Å². The molecule has 4 aromatic carbocycles. The van der Waals surface area contributed by atoms with Gasteiger partial charge in [-0.05, 0) is 45.5 Å². The van der Waals surface area contributed by atoms with Gasteiger partial charge in [0.05, 0.1) is 13.7 Å². The molecule has 5 rings (SSSR count). The standard InChI is InChI=1S/C28H20BrNO3/c1-33-28(32)26-25(19-9-3-2-4-10-19)24-16-21(29)14-15-23(24)27(31)30(26)17-20-12-7-11-18-8-5-6-13-22(18)20/h2-16H,17H2,1H3. The fourth-order valence-electron chi connectivity index (χ4n) is 4.38. The van der Waals surface area contributed by atoms with Gasteiger partial charge in [-0.1, -0.05) is 88.7 Å². The molecule has 0 aliphatic rings. The van der Waals surface area contributed by atoms with Crippen molar-refractivity contribution in [1.29, 1.82) is 0 Å². The van der Waals surface area contributed by atoms with E-state index in [-0.39, 0.29) is 17.8 Å². The van der Waals surface area contributed by atoms with Crippen LogP contribution in [0, 0.1) is 0 Å². The van der Waals surface area contributed by atoms with Crippen LogP contribution in [0.4, 0.5) is 0 Å². The van der Waals surface area contributed by atoms with Crippen LogP contribution >= 0.6 is 15.9 Å². The second-order valence-electron chi connectivity index (χ2n) is 7.80. The van der Waals surface area contributed by atoms with Gasteiger partial charge in [0.15, 0.2) is 0 Å². The van der Waals surface area contributed by atoms with Crippen LogP contribution in [0.15, 0.2) is 100 Å². The Hall–Kier alpha value is -3.70. The Morgan fingerprint density at radius 2 is 1.58 bits per heavy atom. The van der Waals surface area contributed by atoms with E-state index < -0.39 is 5.97 Å². The van der Waals surface area contributed by atoms with Crippen molar-refractivity contribution in [2.75, 3.05) is 7.11 Å². The number of hydrogen-bond donors (Lipinski definition) is 0. The average molecular weight is 498 g/mol. The van der Waals surface area contributed by atoms with E-state index in [1.54, 1.807) is 10.6 Å². The van der Waals surface area contributed by atoms with Crippen molar-refractivity contribution in [3.8, 4) is 11.1 Å². The summed E-state index contributed by atoms with van der Waals surface area (Å²) in [5.41, 5.74) is 2.49. The van der Waals surface area contributed by atoms with E-state index in [4.69, 9.17) is 4.74 Å². The van der Waals surface area contributed by atoms with Crippen molar-refractivity contribution in [2.24, 2.45) is 0 Å². The predicted octanol–water partition coefficient (Wildman–Crippen LogP) is 6.42. The summed E-state index contributed by atoms with van der Waals surface area (Å²) in [4.78, 5) is 26.9. The molecule has 0 bridgehead atoms. The van der Waals surface area contributed by atoms with Crippen LogP contribution in [0.2, 0.25) is 0 Å². The van der Waals surface area contributed by atoms with Crippen LogP contribution in [-0.2, 0) is 11.3 Å². The lowest BCUT2D eigenvalue weighted by molar-refractivity contribution is 0.0588.